The molecule has 0 saturated heterocycles. The van der Waals surface area contributed by atoms with Crippen LogP contribution < -0.4 is 5.73 Å². The number of nitrogens with two attached hydrogens (primary N) is 1. The minimum atomic E-state index is -0.983. The average molecular weight is 293 g/mol. The van der Waals surface area contributed by atoms with Crippen molar-refractivity contribution in [1.29, 1.82) is 0 Å². The van der Waals surface area contributed by atoms with E-state index in [0.29, 0.717) is 11.5 Å². The quantitative estimate of drug-likeness (QED) is 0.777. The summed E-state index contributed by atoms with van der Waals surface area (Å²) >= 11 is 0. The van der Waals surface area contributed by atoms with Crippen LogP contribution in [0.15, 0.2) is 55.0 Å². The summed E-state index contributed by atoms with van der Waals surface area (Å²) in [7, 11) is 0. The number of nitrogen functional groups attached to an aromatic ring is 1. The van der Waals surface area contributed by atoms with Gasteiger partial charge in [0.15, 0.2) is 0 Å². The molecule has 3 N–H and O–H groups in total. The van der Waals surface area contributed by atoms with Crippen molar-refractivity contribution in [3.8, 4) is 16.9 Å². The first-order chi connectivity index (χ1) is 10.6. The Bertz CT molecular complexity index is 853. The molecule has 0 saturated carbocycles. The number of nitrogens with zero attached hydrogens (tertiary/aromatic N) is 2. The van der Waals surface area contributed by atoms with Gasteiger partial charge in [0.25, 0.3) is 0 Å². The van der Waals surface area contributed by atoms with Gasteiger partial charge in [-0.2, -0.15) is 0 Å². The lowest BCUT2D eigenvalue weighted by Crippen LogP contribution is -2.00. The van der Waals surface area contributed by atoms with Crippen LogP contribution in [0.25, 0.3) is 16.9 Å². The summed E-state index contributed by atoms with van der Waals surface area (Å²) in [6, 6.07) is 10.9. The maximum atomic E-state index is 11.1. The van der Waals surface area contributed by atoms with Gasteiger partial charge in [0.05, 0.1) is 11.3 Å². The molecule has 110 valence electrons. The molecule has 0 amide bonds. The van der Waals surface area contributed by atoms with E-state index < -0.39 is 5.97 Å². The second-order valence-corrected chi connectivity index (χ2v) is 5.06. The third-order valence-corrected chi connectivity index (χ3v) is 3.55. The highest BCUT2D eigenvalue weighted by atomic mass is 16.4. The van der Waals surface area contributed by atoms with Gasteiger partial charge in [0.2, 0.25) is 0 Å². The van der Waals surface area contributed by atoms with Gasteiger partial charge in [0.1, 0.15) is 5.82 Å². The molecule has 0 bridgehead atoms. The third-order valence-electron chi connectivity index (χ3n) is 3.55. The summed E-state index contributed by atoms with van der Waals surface area (Å²) in [6.45, 7) is 2.02. The number of aromatic nitrogens is 2. The number of anilines is 1. The number of pyridine rings is 1. The van der Waals surface area contributed by atoms with E-state index >= 15 is 0 Å². The normalized spacial score (nSPS) is 10.6. The van der Waals surface area contributed by atoms with Crippen molar-refractivity contribution in [2.24, 2.45) is 0 Å². The van der Waals surface area contributed by atoms with Gasteiger partial charge in [-0.05, 0) is 30.2 Å². The lowest BCUT2D eigenvalue weighted by atomic mass is 10.0. The van der Waals surface area contributed by atoms with Crippen LogP contribution >= 0.6 is 0 Å². The molecule has 0 aliphatic carbocycles. The molecule has 2 heterocycles. The van der Waals surface area contributed by atoms with Crippen molar-refractivity contribution < 1.29 is 9.90 Å². The van der Waals surface area contributed by atoms with Gasteiger partial charge in [-0.15, -0.1) is 0 Å². The van der Waals surface area contributed by atoms with E-state index in [9.17, 15) is 4.79 Å². The van der Waals surface area contributed by atoms with E-state index in [1.165, 1.54) is 18.3 Å². The van der Waals surface area contributed by atoms with Gasteiger partial charge in [-0.1, -0.05) is 24.3 Å². The minimum absolute atomic E-state index is 0.190. The number of hydrogen-bond donors (Lipinski definition) is 2. The molecule has 0 spiro atoms. The predicted molar refractivity (Wildman–Crippen MR) is 85.1 cm³/mol. The fourth-order valence-electron chi connectivity index (χ4n) is 2.40. The number of hydrogen-bond acceptors (Lipinski definition) is 3. The Morgan fingerprint density at radius 1 is 1.18 bits per heavy atom. The highest BCUT2D eigenvalue weighted by Crippen LogP contribution is 2.30. The van der Waals surface area contributed by atoms with Gasteiger partial charge < -0.3 is 15.4 Å². The molecule has 5 nitrogen and oxygen atoms in total. The van der Waals surface area contributed by atoms with E-state index in [-0.39, 0.29) is 5.56 Å². The van der Waals surface area contributed by atoms with Crippen molar-refractivity contribution in [3.05, 3.63) is 66.1 Å². The number of carboxylic acid groups (broad SMARTS) is 1. The molecule has 3 aromatic rings. The van der Waals surface area contributed by atoms with E-state index in [2.05, 4.69) is 4.98 Å². The molecule has 3 rings (SSSR count). The molecule has 0 aliphatic rings. The van der Waals surface area contributed by atoms with E-state index in [0.717, 1.165) is 16.7 Å². The van der Waals surface area contributed by atoms with Crippen molar-refractivity contribution in [3.63, 3.8) is 0 Å². The van der Waals surface area contributed by atoms with E-state index in [4.69, 9.17) is 10.8 Å². The van der Waals surface area contributed by atoms with Gasteiger partial charge >= 0.3 is 5.97 Å². The Labute approximate surface area is 127 Å². The second-order valence-electron chi connectivity index (χ2n) is 5.06. The monoisotopic (exact) mass is 293 g/mol. The molecule has 0 unspecified atom stereocenters. The Morgan fingerprint density at radius 2 is 1.95 bits per heavy atom. The smallest absolute Gasteiger partial charge is 0.335 e. The van der Waals surface area contributed by atoms with Crippen LogP contribution in [0.2, 0.25) is 0 Å². The van der Waals surface area contributed by atoms with E-state index in [1.54, 1.807) is 10.8 Å². The summed E-state index contributed by atoms with van der Waals surface area (Å²) < 4.78 is 1.74. The topological polar surface area (TPSA) is 81.1 Å². The number of aromatic carboxylic acids is 1. The fourth-order valence-corrected chi connectivity index (χ4v) is 2.40. The Morgan fingerprint density at radius 3 is 2.68 bits per heavy atom. The summed E-state index contributed by atoms with van der Waals surface area (Å²) in [4.78, 5) is 15.3. The largest absolute Gasteiger partial charge is 0.478 e. The van der Waals surface area contributed by atoms with Crippen LogP contribution in [-0.4, -0.2) is 20.6 Å². The van der Waals surface area contributed by atoms with E-state index in [1.807, 2.05) is 37.4 Å². The maximum Gasteiger partial charge on any atom is 0.335 e. The summed E-state index contributed by atoms with van der Waals surface area (Å²) in [5, 5.41) is 9.07. The molecule has 22 heavy (non-hydrogen) atoms. The average Bonchev–Trinajstić information content (AvgIpc) is 2.90. The van der Waals surface area contributed by atoms with Crippen molar-refractivity contribution in [1.82, 2.24) is 9.55 Å². The van der Waals surface area contributed by atoms with Crippen LogP contribution in [0.4, 0.5) is 5.69 Å². The molecule has 0 radical (unpaired) electrons. The Balaban J connectivity index is 2.08. The molecule has 2 aromatic heterocycles. The predicted octanol–water partition coefficient (Wildman–Crippen LogP) is 3.13. The molecule has 0 atom stereocenters. The second kappa shape index (κ2) is 5.37. The highest BCUT2D eigenvalue weighted by Gasteiger charge is 2.11. The molecule has 0 fully saturated rings. The zero-order valence-corrected chi connectivity index (χ0v) is 12.0. The van der Waals surface area contributed by atoms with Crippen molar-refractivity contribution >= 4 is 11.7 Å². The number of carboxylic acids is 1. The van der Waals surface area contributed by atoms with Crippen LogP contribution in [-0.2, 0) is 0 Å². The van der Waals surface area contributed by atoms with Crippen LogP contribution in [0.3, 0.4) is 0 Å². The van der Waals surface area contributed by atoms with Crippen LogP contribution in [0.5, 0.6) is 0 Å². The van der Waals surface area contributed by atoms with Crippen molar-refractivity contribution in [2.75, 3.05) is 5.73 Å². The zero-order chi connectivity index (χ0) is 15.7. The van der Waals surface area contributed by atoms with Gasteiger partial charge in [-0.25, -0.2) is 9.78 Å². The lowest BCUT2D eigenvalue weighted by Gasteiger charge is -2.04. The lowest BCUT2D eigenvalue weighted by molar-refractivity contribution is 0.0696. The standard InChI is InChI=1S/C17H15N3O2/c1-11-4-2-3-5-13(11)14-9-20(10-15(14)18)16-8-12(17(21)22)6-7-19-16/h2-10H,18H2,1H3,(H,21,22). The number of carbonyl (C=O) groups is 1. The third kappa shape index (κ3) is 2.44. The maximum absolute atomic E-state index is 11.1. The first-order valence-electron chi connectivity index (χ1n) is 6.79. The first-order valence-corrected chi connectivity index (χ1v) is 6.79. The summed E-state index contributed by atoms with van der Waals surface area (Å²) in [6.07, 6.45) is 5.09. The SMILES string of the molecule is Cc1ccccc1-c1cn(-c2cc(C(=O)O)ccn2)cc1N. The first kappa shape index (κ1) is 13.9. The minimum Gasteiger partial charge on any atom is -0.478 e. The summed E-state index contributed by atoms with van der Waals surface area (Å²) in [5.41, 5.74) is 10.0. The van der Waals surface area contributed by atoms with Gasteiger partial charge in [0, 0.05) is 24.2 Å². The number of rotatable bonds is 3. The molecule has 0 aliphatic heterocycles. The molecule has 1 aromatic carbocycles. The molecule has 5 heteroatoms. The van der Waals surface area contributed by atoms with Crippen molar-refractivity contribution in [2.45, 2.75) is 6.92 Å². The number of aryl methyl sites for hydroxylation is 1. The fraction of sp³-hybridized carbons (Fsp3) is 0.0588. The zero-order valence-electron chi connectivity index (χ0n) is 12.0. The molecular weight excluding hydrogens is 278 g/mol. The highest BCUT2D eigenvalue weighted by molar-refractivity contribution is 5.88. The van der Waals surface area contributed by atoms with Gasteiger partial charge in [-0.3, -0.25) is 0 Å². The number of benzene rings is 1. The Kier molecular flexibility index (Phi) is 3.39. The Hall–Kier alpha value is -3.08. The van der Waals surface area contributed by atoms with Crippen LogP contribution in [0.1, 0.15) is 15.9 Å². The molecular formula is C17H15N3O2. The summed E-state index contributed by atoms with van der Waals surface area (Å²) in [5.74, 6) is -0.464. The van der Waals surface area contributed by atoms with Crippen LogP contribution in [0, 0.1) is 6.92 Å².